The smallest absolute Gasteiger partial charge is 0.329 e. The number of aliphatic carboxylic acids is 1. The fourth-order valence-electron chi connectivity index (χ4n) is 1.79. The van der Waals surface area contributed by atoms with Crippen LogP contribution in [0.4, 0.5) is 0 Å². The number of hydrogen-bond acceptors (Lipinski definition) is 4. The number of pyridine rings is 1. The van der Waals surface area contributed by atoms with Crippen LogP contribution in [0.25, 0.3) is 0 Å². The second-order valence-corrected chi connectivity index (χ2v) is 4.90. The first kappa shape index (κ1) is 15.5. The molecule has 0 unspecified atom stereocenters. The monoisotopic (exact) mass is 282 g/mol. The lowest BCUT2D eigenvalue weighted by atomic mass is 9.92. The number of carbonyl (C=O) groups excluding carboxylic acids is 1. The number of hydrogen-bond donors (Lipinski definition) is 2. The van der Waals surface area contributed by atoms with Gasteiger partial charge in [0.25, 0.3) is 5.91 Å². The minimum absolute atomic E-state index is 0.333. The molecule has 6 heteroatoms. The van der Waals surface area contributed by atoms with Crippen molar-refractivity contribution < 1.29 is 14.7 Å². The molecule has 0 bridgehead atoms. The molecule has 2 N–H and O–H groups in total. The standard InChI is InChI=1S/C13H18N2O3S/c1-4-13(5-2,12(17)18)15-10(16)9-7-6-8-14-11(9)19-3/h6-8H,4-5H2,1-3H3,(H,15,16)(H,17,18). The van der Waals surface area contributed by atoms with Crippen molar-refractivity contribution in [3.63, 3.8) is 0 Å². The van der Waals surface area contributed by atoms with Crippen LogP contribution in [0, 0.1) is 0 Å². The van der Waals surface area contributed by atoms with Gasteiger partial charge in [0.05, 0.1) is 5.56 Å². The van der Waals surface area contributed by atoms with Gasteiger partial charge in [-0.05, 0) is 31.2 Å². The summed E-state index contributed by atoms with van der Waals surface area (Å²) in [4.78, 5) is 27.7. The van der Waals surface area contributed by atoms with Gasteiger partial charge in [-0.2, -0.15) is 0 Å². The number of aromatic nitrogens is 1. The highest BCUT2D eigenvalue weighted by atomic mass is 32.2. The van der Waals surface area contributed by atoms with Crippen LogP contribution in [-0.4, -0.2) is 33.8 Å². The van der Waals surface area contributed by atoms with Gasteiger partial charge in [0.1, 0.15) is 10.6 Å². The molecular weight excluding hydrogens is 264 g/mol. The zero-order valence-electron chi connectivity index (χ0n) is 11.3. The number of nitrogens with one attached hydrogen (secondary N) is 1. The van der Waals surface area contributed by atoms with Crippen molar-refractivity contribution in [3.05, 3.63) is 23.9 Å². The van der Waals surface area contributed by atoms with Crippen LogP contribution in [0.5, 0.6) is 0 Å². The van der Waals surface area contributed by atoms with E-state index in [-0.39, 0.29) is 0 Å². The highest BCUT2D eigenvalue weighted by Crippen LogP contribution is 2.20. The molecule has 0 aliphatic rings. The van der Waals surface area contributed by atoms with E-state index in [1.165, 1.54) is 11.8 Å². The Morgan fingerprint density at radius 2 is 2.05 bits per heavy atom. The summed E-state index contributed by atoms with van der Waals surface area (Å²) in [6.07, 6.45) is 4.09. The summed E-state index contributed by atoms with van der Waals surface area (Å²) < 4.78 is 0. The SMILES string of the molecule is CCC(CC)(NC(=O)c1cccnc1SC)C(=O)O. The predicted octanol–water partition coefficient (Wildman–Crippen LogP) is 2.18. The van der Waals surface area contributed by atoms with Crippen molar-refractivity contribution in [1.82, 2.24) is 10.3 Å². The molecule has 0 saturated carbocycles. The van der Waals surface area contributed by atoms with Crippen LogP contribution in [0.15, 0.2) is 23.4 Å². The number of carboxylic acid groups (broad SMARTS) is 1. The maximum atomic E-state index is 12.2. The second-order valence-electron chi connectivity index (χ2n) is 4.11. The van der Waals surface area contributed by atoms with Crippen LogP contribution in [-0.2, 0) is 4.79 Å². The van der Waals surface area contributed by atoms with Gasteiger partial charge >= 0.3 is 5.97 Å². The lowest BCUT2D eigenvalue weighted by Crippen LogP contribution is -2.53. The van der Waals surface area contributed by atoms with Crippen LogP contribution < -0.4 is 5.32 Å². The Morgan fingerprint density at radius 3 is 2.53 bits per heavy atom. The molecule has 0 aliphatic carbocycles. The molecule has 1 heterocycles. The van der Waals surface area contributed by atoms with Crippen molar-refractivity contribution in [2.75, 3.05) is 6.26 Å². The third-order valence-corrected chi connectivity index (χ3v) is 3.89. The maximum Gasteiger partial charge on any atom is 0.329 e. The second kappa shape index (κ2) is 6.56. The van der Waals surface area contributed by atoms with E-state index in [9.17, 15) is 14.7 Å². The summed E-state index contributed by atoms with van der Waals surface area (Å²) >= 11 is 1.35. The molecule has 19 heavy (non-hydrogen) atoms. The van der Waals surface area contributed by atoms with E-state index < -0.39 is 17.4 Å². The van der Waals surface area contributed by atoms with Crippen molar-refractivity contribution in [1.29, 1.82) is 0 Å². The Hall–Kier alpha value is -1.56. The molecule has 104 valence electrons. The molecule has 0 atom stereocenters. The minimum atomic E-state index is -1.22. The zero-order chi connectivity index (χ0) is 14.5. The number of carboxylic acids is 1. The van der Waals surface area contributed by atoms with Crippen LogP contribution in [0.1, 0.15) is 37.0 Å². The van der Waals surface area contributed by atoms with Crippen LogP contribution >= 0.6 is 11.8 Å². The number of carbonyl (C=O) groups is 2. The Morgan fingerprint density at radius 1 is 1.42 bits per heavy atom. The van der Waals surface area contributed by atoms with Crippen LogP contribution in [0.2, 0.25) is 0 Å². The summed E-state index contributed by atoms with van der Waals surface area (Å²) in [6.45, 7) is 3.49. The van der Waals surface area contributed by atoms with E-state index in [1.54, 1.807) is 32.2 Å². The predicted molar refractivity (Wildman–Crippen MR) is 74.4 cm³/mol. The fourth-order valence-corrected chi connectivity index (χ4v) is 2.34. The molecule has 0 aromatic carbocycles. The highest BCUT2D eigenvalue weighted by Gasteiger charge is 2.36. The van der Waals surface area contributed by atoms with Gasteiger partial charge in [0.2, 0.25) is 0 Å². The van der Waals surface area contributed by atoms with E-state index in [0.717, 1.165) is 0 Å². The largest absolute Gasteiger partial charge is 0.480 e. The first-order valence-corrected chi connectivity index (χ1v) is 7.28. The van der Waals surface area contributed by atoms with Crippen molar-refractivity contribution in [2.45, 2.75) is 37.3 Å². The van der Waals surface area contributed by atoms with Crippen LogP contribution in [0.3, 0.4) is 0 Å². The molecule has 0 aliphatic heterocycles. The molecule has 1 rings (SSSR count). The number of amides is 1. The van der Waals surface area contributed by atoms with E-state index >= 15 is 0 Å². The van der Waals surface area contributed by atoms with E-state index in [2.05, 4.69) is 10.3 Å². The minimum Gasteiger partial charge on any atom is -0.480 e. The van der Waals surface area contributed by atoms with Gasteiger partial charge in [-0.25, -0.2) is 9.78 Å². The van der Waals surface area contributed by atoms with Gasteiger partial charge in [-0.3, -0.25) is 4.79 Å². The van der Waals surface area contributed by atoms with Gasteiger partial charge in [-0.1, -0.05) is 13.8 Å². The topological polar surface area (TPSA) is 79.3 Å². The van der Waals surface area contributed by atoms with E-state index in [0.29, 0.717) is 23.4 Å². The highest BCUT2D eigenvalue weighted by molar-refractivity contribution is 7.98. The summed E-state index contributed by atoms with van der Waals surface area (Å²) in [5, 5.41) is 12.5. The van der Waals surface area contributed by atoms with Gasteiger partial charge in [0.15, 0.2) is 0 Å². The molecule has 0 radical (unpaired) electrons. The molecule has 0 spiro atoms. The number of rotatable bonds is 6. The average molecular weight is 282 g/mol. The Labute approximate surface area is 116 Å². The zero-order valence-corrected chi connectivity index (χ0v) is 12.1. The fraction of sp³-hybridized carbons (Fsp3) is 0.462. The van der Waals surface area contributed by atoms with Gasteiger partial charge in [0, 0.05) is 6.20 Å². The van der Waals surface area contributed by atoms with E-state index in [1.807, 2.05) is 6.26 Å². The average Bonchev–Trinajstić information content (AvgIpc) is 2.44. The lowest BCUT2D eigenvalue weighted by molar-refractivity contribution is -0.144. The van der Waals surface area contributed by atoms with Crippen molar-refractivity contribution >= 4 is 23.6 Å². The summed E-state index contributed by atoms with van der Waals surface area (Å²) in [5.74, 6) is -1.41. The molecule has 1 aromatic heterocycles. The van der Waals surface area contributed by atoms with Gasteiger partial charge in [-0.15, -0.1) is 11.8 Å². The third kappa shape index (κ3) is 3.26. The summed E-state index contributed by atoms with van der Waals surface area (Å²) in [6, 6.07) is 3.31. The van der Waals surface area contributed by atoms with E-state index in [4.69, 9.17) is 0 Å². The maximum absolute atomic E-state index is 12.2. The molecule has 1 aromatic rings. The van der Waals surface area contributed by atoms with Crippen molar-refractivity contribution in [2.24, 2.45) is 0 Å². The first-order valence-electron chi connectivity index (χ1n) is 6.05. The Kier molecular flexibility index (Phi) is 5.35. The molecule has 0 fully saturated rings. The quantitative estimate of drug-likeness (QED) is 0.782. The summed E-state index contributed by atoms with van der Waals surface area (Å²) in [7, 11) is 0. The van der Waals surface area contributed by atoms with Crippen molar-refractivity contribution in [3.8, 4) is 0 Å². The summed E-state index contributed by atoms with van der Waals surface area (Å²) in [5.41, 5.74) is -0.815. The third-order valence-electron chi connectivity index (χ3n) is 3.18. The Bertz CT molecular complexity index is 473. The Balaban J connectivity index is 3.04. The lowest BCUT2D eigenvalue weighted by Gasteiger charge is -2.28. The number of nitrogens with zero attached hydrogens (tertiary/aromatic N) is 1. The normalized spacial score (nSPS) is 11.1. The molecule has 1 amide bonds. The number of thioether (sulfide) groups is 1. The van der Waals surface area contributed by atoms with Gasteiger partial charge < -0.3 is 10.4 Å². The molecule has 0 saturated heterocycles. The molecule has 5 nitrogen and oxygen atoms in total. The molecular formula is C13H18N2O3S. The first-order chi connectivity index (χ1) is 9.00.